The molecular formula is C18H18N2O4S2. The number of aromatic nitrogens is 1. The van der Waals surface area contributed by atoms with E-state index in [1.807, 2.05) is 12.1 Å². The average molecular weight is 390 g/mol. The number of carbonyl (C=O) groups is 3. The van der Waals surface area contributed by atoms with Crippen LogP contribution in [0.15, 0.2) is 22.5 Å². The molecule has 136 valence electrons. The Bertz CT molecular complexity index is 870. The largest absolute Gasteiger partial charge is 0.468 e. The van der Waals surface area contributed by atoms with Crippen molar-refractivity contribution in [1.29, 1.82) is 0 Å². The summed E-state index contributed by atoms with van der Waals surface area (Å²) in [6.45, 7) is 0. The second-order valence-electron chi connectivity index (χ2n) is 6.51. The summed E-state index contributed by atoms with van der Waals surface area (Å²) in [5.74, 6) is -0.534. The van der Waals surface area contributed by atoms with Crippen LogP contribution in [0.2, 0.25) is 0 Å². The van der Waals surface area contributed by atoms with Crippen molar-refractivity contribution in [3.63, 3.8) is 0 Å². The second-order valence-corrected chi connectivity index (χ2v) is 8.76. The molecule has 2 atom stereocenters. The molecule has 1 saturated carbocycles. The predicted octanol–water partition coefficient (Wildman–Crippen LogP) is 3.24. The van der Waals surface area contributed by atoms with E-state index in [2.05, 4.69) is 9.72 Å². The molecular weight excluding hydrogens is 372 g/mol. The third kappa shape index (κ3) is 3.01. The molecule has 2 aliphatic rings. The Balaban J connectivity index is 1.60. The number of esters is 1. The van der Waals surface area contributed by atoms with Gasteiger partial charge in [-0.3, -0.25) is 19.3 Å². The molecule has 6 nitrogen and oxygen atoms in total. The van der Waals surface area contributed by atoms with Crippen molar-refractivity contribution < 1.29 is 19.1 Å². The lowest BCUT2D eigenvalue weighted by Crippen LogP contribution is -2.30. The number of benzene rings is 1. The molecule has 1 saturated heterocycles. The van der Waals surface area contributed by atoms with Crippen LogP contribution in [-0.2, 0) is 19.1 Å². The lowest BCUT2D eigenvalue weighted by Gasteiger charge is -2.19. The third-order valence-electron chi connectivity index (χ3n) is 4.99. The number of anilines is 1. The number of ether oxygens (including phenoxy) is 1. The van der Waals surface area contributed by atoms with Gasteiger partial charge in [-0.25, -0.2) is 4.98 Å². The van der Waals surface area contributed by atoms with Crippen molar-refractivity contribution in [2.75, 3.05) is 17.8 Å². The highest BCUT2D eigenvalue weighted by Crippen LogP contribution is 2.41. The van der Waals surface area contributed by atoms with Gasteiger partial charge in [0.15, 0.2) is 4.34 Å². The summed E-state index contributed by atoms with van der Waals surface area (Å²) in [6.07, 6.45) is 3.65. The van der Waals surface area contributed by atoms with E-state index in [0.29, 0.717) is 5.69 Å². The summed E-state index contributed by atoms with van der Waals surface area (Å²) in [5, 5.41) is 0. The average Bonchev–Trinajstić information content (AvgIpc) is 3.18. The van der Waals surface area contributed by atoms with Crippen molar-refractivity contribution in [2.45, 2.75) is 30.0 Å². The van der Waals surface area contributed by atoms with Crippen LogP contribution in [0.25, 0.3) is 10.2 Å². The Kier molecular flexibility index (Phi) is 4.71. The molecule has 2 fully saturated rings. The van der Waals surface area contributed by atoms with E-state index in [0.717, 1.165) is 40.2 Å². The molecule has 26 heavy (non-hydrogen) atoms. The molecule has 0 radical (unpaired) electrons. The van der Waals surface area contributed by atoms with Crippen LogP contribution < -0.4 is 4.90 Å². The van der Waals surface area contributed by atoms with Gasteiger partial charge in [0.1, 0.15) is 0 Å². The monoisotopic (exact) mass is 390 g/mol. The van der Waals surface area contributed by atoms with E-state index < -0.39 is 0 Å². The lowest BCUT2D eigenvalue weighted by molar-refractivity contribution is -0.137. The number of nitrogens with zero attached hydrogens (tertiary/aromatic N) is 2. The van der Waals surface area contributed by atoms with Gasteiger partial charge in [-0.2, -0.15) is 0 Å². The molecule has 0 spiro atoms. The topological polar surface area (TPSA) is 76.6 Å². The summed E-state index contributed by atoms with van der Waals surface area (Å²) in [4.78, 5) is 42.6. The van der Waals surface area contributed by atoms with Crippen LogP contribution in [0.1, 0.15) is 25.7 Å². The summed E-state index contributed by atoms with van der Waals surface area (Å²) in [7, 11) is 1.36. The Morgan fingerprint density at radius 1 is 1.27 bits per heavy atom. The molecule has 1 aliphatic heterocycles. The number of imide groups is 1. The number of thioether (sulfide) groups is 1. The number of rotatable bonds is 4. The molecule has 0 bridgehead atoms. The highest BCUT2D eigenvalue weighted by Gasteiger charge is 2.48. The fourth-order valence-electron chi connectivity index (χ4n) is 3.69. The number of methoxy groups -OCH3 is 1. The number of hydrogen-bond acceptors (Lipinski definition) is 7. The van der Waals surface area contributed by atoms with E-state index in [1.54, 1.807) is 6.07 Å². The van der Waals surface area contributed by atoms with E-state index in [4.69, 9.17) is 0 Å². The molecule has 4 rings (SSSR count). The Labute approximate surface area is 158 Å². The summed E-state index contributed by atoms with van der Waals surface area (Å²) in [5.41, 5.74) is 1.41. The van der Waals surface area contributed by atoms with Gasteiger partial charge in [0.05, 0.1) is 40.6 Å². The maximum atomic E-state index is 12.7. The predicted molar refractivity (Wildman–Crippen MR) is 100 cm³/mol. The fourth-order valence-corrected chi connectivity index (χ4v) is 5.62. The van der Waals surface area contributed by atoms with Crippen LogP contribution in [0, 0.1) is 11.8 Å². The van der Waals surface area contributed by atoms with Gasteiger partial charge in [-0.1, -0.05) is 24.6 Å². The maximum Gasteiger partial charge on any atom is 0.316 e. The van der Waals surface area contributed by atoms with Crippen molar-refractivity contribution in [2.24, 2.45) is 11.8 Å². The van der Waals surface area contributed by atoms with Gasteiger partial charge in [-0.05, 0) is 31.0 Å². The van der Waals surface area contributed by atoms with Crippen molar-refractivity contribution >= 4 is 56.8 Å². The smallest absolute Gasteiger partial charge is 0.316 e. The first-order valence-corrected chi connectivity index (χ1v) is 10.4. The van der Waals surface area contributed by atoms with Crippen molar-refractivity contribution in [3.8, 4) is 0 Å². The van der Waals surface area contributed by atoms with E-state index in [-0.39, 0.29) is 35.4 Å². The zero-order valence-corrected chi connectivity index (χ0v) is 15.9. The third-order valence-corrected chi connectivity index (χ3v) is 7.13. The molecule has 2 aromatic rings. The van der Waals surface area contributed by atoms with Crippen molar-refractivity contribution in [1.82, 2.24) is 4.98 Å². The maximum absolute atomic E-state index is 12.7. The molecule has 2 amide bonds. The van der Waals surface area contributed by atoms with Crippen LogP contribution in [0.4, 0.5) is 5.69 Å². The molecule has 1 aromatic carbocycles. The van der Waals surface area contributed by atoms with Gasteiger partial charge >= 0.3 is 5.97 Å². The van der Waals surface area contributed by atoms with Crippen LogP contribution in [0.5, 0.6) is 0 Å². The summed E-state index contributed by atoms with van der Waals surface area (Å²) >= 11 is 2.77. The SMILES string of the molecule is COC(=O)CSc1nc2ccc(N3C(=O)[C@H]4CCCC[C@@H]4C3=O)cc2s1. The number of thiazole rings is 1. The Morgan fingerprint density at radius 2 is 1.96 bits per heavy atom. The lowest BCUT2D eigenvalue weighted by atomic mass is 9.81. The normalized spacial score (nSPS) is 22.7. The van der Waals surface area contributed by atoms with Crippen LogP contribution in [0.3, 0.4) is 0 Å². The van der Waals surface area contributed by atoms with Gasteiger partial charge in [0, 0.05) is 0 Å². The highest BCUT2D eigenvalue weighted by atomic mass is 32.2. The van der Waals surface area contributed by atoms with Gasteiger partial charge in [0.2, 0.25) is 11.8 Å². The zero-order valence-electron chi connectivity index (χ0n) is 14.3. The Hall–Kier alpha value is -1.93. The minimum Gasteiger partial charge on any atom is -0.468 e. The van der Waals surface area contributed by atoms with Gasteiger partial charge in [-0.15, -0.1) is 11.3 Å². The van der Waals surface area contributed by atoms with Crippen molar-refractivity contribution in [3.05, 3.63) is 18.2 Å². The molecule has 0 unspecified atom stereocenters. The standard InChI is InChI=1S/C18H18N2O4S2/c1-24-15(21)9-25-18-19-13-7-6-10(8-14(13)26-18)20-16(22)11-4-2-3-5-12(11)17(20)23/h6-8,11-12H,2-5,9H2,1H3/t11-,12-/m0/s1. The van der Waals surface area contributed by atoms with Gasteiger partial charge < -0.3 is 4.74 Å². The molecule has 1 aromatic heterocycles. The Morgan fingerprint density at radius 3 is 2.62 bits per heavy atom. The summed E-state index contributed by atoms with van der Waals surface area (Å²) in [6, 6.07) is 5.46. The van der Waals surface area contributed by atoms with Gasteiger partial charge in [0.25, 0.3) is 0 Å². The first-order valence-electron chi connectivity index (χ1n) is 8.56. The molecule has 2 heterocycles. The minimum absolute atomic E-state index is 0.0659. The fraction of sp³-hybridized carbons (Fsp3) is 0.444. The number of fused-ring (bicyclic) bond motifs is 2. The highest BCUT2D eigenvalue weighted by molar-refractivity contribution is 8.01. The number of amides is 2. The van der Waals surface area contributed by atoms with E-state index in [9.17, 15) is 14.4 Å². The van der Waals surface area contributed by atoms with Crippen LogP contribution >= 0.6 is 23.1 Å². The quantitative estimate of drug-likeness (QED) is 0.453. The zero-order chi connectivity index (χ0) is 18.3. The van der Waals surface area contributed by atoms with E-state index in [1.165, 1.54) is 35.1 Å². The number of carbonyl (C=O) groups excluding carboxylic acids is 3. The molecule has 1 aliphatic carbocycles. The first-order chi connectivity index (χ1) is 12.6. The van der Waals surface area contributed by atoms with E-state index >= 15 is 0 Å². The first kappa shape index (κ1) is 17.5. The van der Waals surface area contributed by atoms with Crippen LogP contribution in [-0.4, -0.2) is 35.6 Å². The number of hydrogen-bond donors (Lipinski definition) is 0. The second kappa shape index (κ2) is 7.00. The molecule has 0 N–H and O–H groups in total. The summed E-state index contributed by atoms with van der Waals surface area (Å²) < 4.78 is 6.29. The minimum atomic E-state index is -0.300. The molecule has 8 heteroatoms.